The molecule has 2 aliphatic carbocycles. The van der Waals surface area contributed by atoms with E-state index in [-0.39, 0.29) is 13.0 Å². The van der Waals surface area contributed by atoms with E-state index in [1.54, 1.807) is 6.92 Å². The highest BCUT2D eigenvalue weighted by Gasteiger charge is 2.28. The Morgan fingerprint density at radius 2 is 1.94 bits per heavy atom. The van der Waals surface area contributed by atoms with Gasteiger partial charge in [-0.2, -0.15) is 0 Å². The second-order valence-electron chi connectivity index (χ2n) is 8.09. The Bertz CT molecular complexity index is 845. The topological polar surface area (TPSA) is 105 Å². The maximum Gasteiger partial charge on any atom is 0.341 e. The van der Waals surface area contributed by atoms with Gasteiger partial charge in [-0.05, 0) is 76.8 Å². The van der Waals surface area contributed by atoms with Gasteiger partial charge in [0.1, 0.15) is 11.0 Å². The largest absolute Gasteiger partial charge is 0.480 e. The lowest BCUT2D eigenvalue weighted by Gasteiger charge is -2.17. The van der Waals surface area contributed by atoms with E-state index < -0.39 is 23.9 Å². The summed E-state index contributed by atoms with van der Waals surface area (Å²) in [6.45, 7) is 2.54. The minimum atomic E-state index is -1.05. The number of carbonyl (C=O) groups excluding carboxylic acids is 2. The van der Waals surface area contributed by atoms with Crippen LogP contribution in [-0.2, 0) is 27.2 Å². The van der Waals surface area contributed by atoms with Crippen molar-refractivity contribution in [2.75, 3.05) is 18.5 Å². The maximum atomic E-state index is 12.7. The lowest BCUT2D eigenvalue weighted by atomic mass is 9.95. The monoisotopic (exact) mass is 448 g/mol. The minimum absolute atomic E-state index is 0.195. The second-order valence-corrected chi connectivity index (χ2v) is 9.20. The molecule has 2 aliphatic rings. The Hall–Kier alpha value is -2.19. The normalized spacial score (nSPS) is 16.7. The third-order valence-corrected chi connectivity index (χ3v) is 7.02. The average molecular weight is 449 g/mol. The van der Waals surface area contributed by atoms with Crippen LogP contribution in [0.15, 0.2) is 11.6 Å². The average Bonchev–Trinajstić information content (AvgIpc) is 3.11. The van der Waals surface area contributed by atoms with Gasteiger partial charge in [0.2, 0.25) is 5.91 Å². The second kappa shape index (κ2) is 11.4. The van der Waals surface area contributed by atoms with E-state index in [1.807, 2.05) is 0 Å². The Balaban J connectivity index is 1.62. The molecule has 0 bridgehead atoms. The number of aryl methyl sites for hydroxylation is 1. The molecule has 1 unspecified atom stereocenters. The summed E-state index contributed by atoms with van der Waals surface area (Å²) in [4.78, 5) is 38.0. The van der Waals surface area contributed by atoms with Crippen LogP contribution in [0.1, 0.15) is 79.1 Å². The number of nitrogens with one attached hydrogen (secondary N) is 2. The van der Waals surface area contributed by atoms with E-state index in [1.165, 1.54) is 29.8 Å². The molecular weight excluding hydrogens is 416 g/mol. The number of carboxylic acids is 1. The van der Waals surface area contributed by atoms with Crippen LogP contribution in [0.2, 0.25) is 0 Å². The van der Waals surface area contributed by atoms with Crippen LogP contribution in [0.25, 0.3) is 0 Å². The van der Waals surface area contributed by atoms with E-state index in [2.05, 4.69) is 16.7 Å². The van der Waals surface area contributed by atoms with Gasteiger partial charge >= 0.3 is 11.9 Å². The van der Waals surface area contributed by atoms with Crippen molar-refractivity contribution in [3.05, 3.63) is 27.7 Å². The SMILES string of the molecule is CCOC(=O)c1c(NC(=O)CC(NCCC2=CCCCC2)C(=O)O)sc2c1CCCC2. The van der Waals surface area contributed by atoms with Gasteiger partial charge in [-0.3, -0.25) is 9.59 Å². The third kappa shape index (κ3) is 6.40. The van der Waals surface area contributed by atoms with Crippen LogP contribution in [0, 0.1) is 0 Å². The van der Waals surface area contributed by atoms with Crippen LogP contribution in [-0.4, -0.2) is 42.1 Å². The molecule has 1 aromatic rings. The zero-order valence-electron chi connectivity index (χ0n) is 18.1. The number of hydrogen-bond donors (Lipinski definition) is 3. The van der Waals surface area contributed by atoms with Crippen molar-refractivity contribution in [3.63, 3.8) is 0 Å². The highest BCUT2D eigenvalue weighted by molar-refractivity contribution is 7.17. The molecule has 31 heavy (non-hydrogen) atoms. The number of esters is 1. The van der Waals surface area contributed by atoms with Crippen molar-refractivity contribution in [2.45, 2.75) is 77.2 Å². The quantitative estimate of drug-likeness (QED) is 0.368. The molecule has 0 spiro atoms. The number of carboxylic acid groups (broad SMARTS) is 1. The van der Waals surface area contributed by atoms with Gasteiger partial charge in [-0.1, -0.05) is 11.6 Å². The molecule has 1 heterocycles. The maximum absolute atomic E-state index is 12.7. The first-order valence-corrected chi connectivity index (χ1v) is 12.1. The Kier molecular flexibility index (Phi) is 8.66. The van der Waals surface area contributed by atoms with Gasteiger partial charge in [-0.25, -0.2) is 4.79 Å². The molecule has 8 heteroatoms. The summed E-state index contributed by atoms with van der Waals surface area (Å²) in [6, 6.07) is -0.968. The molecule has 0 saturated carbocycles. The number of amides is 1. The summed E-state index contributed by atoms with van der Waals surface area (Å²) in [6.07, 6.45) is 11.2. The van der Waals surface area contributed by atoms with E-state index >= 15 is 0 Å². The third-order valence-electron chi connectivity index (χ3n) is 5.81. The molecule has 0 saturated heterocycles. The summed E-state index contributed by atoms with van der Waals surface area (Å²) < 4.78 is 5.21. The van der Waals surface area contributed by atoms with E-state index in [0.717, 1.165) is 55.4 Å². The van der Waals surface area contributed by atoms with Crippen LogP contribution >= 0.6 is 11.3 Å². The number of thiophene rings is 1. The number of ether oxygens (including phenoxy) is 1. The summed E-state index contributed by atoms with van der Waals surface area (Å²) in [7, 11) is 0. The molecule has 3 rings (SSSR count). The van der Waals surface area contributed by atoms with Crippen molar-refractivity contribution in [1.82, 2.24) is 5.32 Å². The zero-order chi connectivity index (χ0) is 22.2. The van der Waals surface area contributed by atoms with Gasteiger partial charge in [0.15, 0.2) is 0 Å². The zero-order valence-corrected chi connectivity index (χ0v) is 18.9. The molecule has 7 nitrogen and oxygen atoms in total. The van der Waals surface area contributed by atoms with Crippen molar-refractivity contribution in [1.29, 1.82) is 0 Å². The lowest BCUT2D eigenvalue weighted by molar-refractivity contribution is -0.141. The fourth-order valence-electron chi connectivity index (χ4n) is 4.22. The van der Waals surface area contributed by atoms with Gasteiger partial charge in [0, 0.05) is 4.88 Å². The Morgan fingerprint density at radius 1 is 1.16 bits per heavy atom. The number of hydrogen-bond acceptors (Lipinski definition) is 6. The summed E-state index contributed by atoms with van der Waals surface area (Å²) in [5.74, 6) is -1.89. The fourth-order valence-corrected chi connectivity index (χ4v) is 5.52. The van der Waals surface area contributed by atoms with Crippen molar-refractivity contribution >= 4 is 34.2 Å². The predicted molar refractivity (Wildman–Crippen MR) is 121 cm³/mol. The fraction of sp³-hybridized carbons (Fsp3) is 0.609. The van der Waals surface area contributed by atoms with Crippen LogP contribution in [0.3, 0.4) is 0 Å². The molecule has 0 aliphatic heterocycles. The van der Waals surface area contributed by atoms with Crippen LogP contribution < -0.4 is 10.6 Å². The minimum Gasteiger partial charge on any atom is -0.480 e. The number of fused-ring (bicyclic) bond motifs is 1. The molecule has 3 N–H and O–H groups in total. The van der Waals surface area contributed by atoms with Crippen molar-refractivity contribution in [2.24, 2.45) is 0 Å². The standard InChI is InChI=1S/C23H32N2O5S/c1-2-30-23(29)20-16-10-6-7-11-18(16)31-21(20)25-19(26)14-17(22(27)28)24-13-12-15-8-4-3-5-9-15/h8,17,24H,2-7,9-14H2,1H3,(H,25,26)(H,27,28). The van der Waals surface area contributed by atoms with Gasteiger partial charge < -0.3 is 20.5 Å². The summed E-state index contributed by atoms with van der Waals surface area (Å²) >= 11 is 1.41. The van der Waals surface area contributed by atoms with E-state index in [0.29, 0.717) is 17.1 Å². The summed E-state index contributed by atoms with van der Waals surface area (Å²) in [5.41, 5.74) is 2.77. The number of rotatable bonds is 10. The highest BCUT2D eigenvalue weighted by atomic mass is 32.1. The number of anilines is 1. The number of aliphatic carboxylic acids is 1. The molecule has 0 fully saturated rings. The molecule has 0 radical (unpaired) electrons. The lowest BCUT2D eigenvalue weighted by Crippen LogP contribution is -2.40. The van der Waals surface area contributed by atoms with Gasteiger partial charge in [-0.15, -0.1) is 11.3 Å². The number of carbonyl (C=O) groups is 3. The van der Waals surface area contributed by atoms with Gasteiger partial charge in [0.05, 0.1) is 18.6 Å². The van der Waals surface area contributed by atoms with Gasteiger partial charge in [0.25, 0.3) is 0 Å². The first kappa shape index (κ1) is 23.5. The highest BCUT2D eigenvalue weighted by Crippen LogP contribution is 2.38. The van der Waals surface area contributed by atoms with Crippen molar-refractivity contribution < 1.29 is 24.2 Å². The Morgan fingerprint density at radius 3 is 2.65 bits per heavy atom. The van der Waals surface area contributed by atoms with Crippen LogP contribution in [0.5, 0.6) is 0 Å². The molecule has 0 aromatic carbocycles. The molecular formula is C23H32N2O5S. The number of allylic oxidation sites excluding steroid dienone is 1. The van der Waals surface area contributed by atoms with E-state index in [9.17, 15) is 19.5 Å². The van der Waals surface area contributed by atoms with Crippen molar-refractivity contribution in [3.8, 4) is 0 Å². The van der Waals surface area contributed by atoms with Crippen LogP contribution in [0.4, 0.5) is 5.00 Å². The summed E-state index contributed by atoms with van der Waals surface area (Å²) in [5, 5.41) is 15.8. The van der Waals surface area contributed by atoms with E-state index in [4.69, 9.17) is 4.74 Å². The smallest absolute Gasteiger partial charge is 0.341 e. The predicted octanol–water partition coefficient (Wildman–Crippen LogP) is 4.07. The molecule has 170 valence electrons. The molecule has 1 atom stereocenters. The molecule has 1 aromatic heterocycles. The Labute approximate surface area is 187 Å². The first-order valence-electron chi connectivity index (χ1n) is 11.2. The first-order chi connectivity index (χ1) is 15.0. The molecule has 1 amide bonds.